The van der Waals surface area contributed by atoms with Crippen LogP contribution in [0.15, 0.2) is 18.2 Å². The average molecular weight is 452 g/mol. The zero-order valence-electron chi connectivity index (χ0n) is 17.3. The van der Waals surface area contributed by atoms with Crippen molar-refractivity contribution < 1.29 is 23.5 Å². The smallest absolute Gasteiger partial charge is 0.407 e. The number of hydrogen-bond donors (Lipinski definition) is 1. The third kappa shape index (κ3) is 4.14. The molecule has 3 heterocycles. The van der Waals surface area contributed by atoms with Gasteiger partial charge in [0.2, 0.25) is 5.91 Å². The summed E-state index contributed by atoms with van der Waals surface area (Å²) < 4.78 is 24.0. The van der Waals surface area contributed by atoms with Crippen molar-refractivity contribution in [2.75, 3.05) is 44.3 Å². The normalized spacial score (nSPS) is 28.7. The maximum absolute atomic E-state index is 13.0. The Labute approximate surface area is 185 Å². The minimum Gasteiger partial charge on any atom is -0.492 e. The van der Waals surface area contributed by atoms with E-state index in [1.54, 1.807) is 0 Å². The molecule has 0 aromatic heterocycles. The summed E-state index contributed by atoms with van der Waals surface area (Å²) in [6, 6.07) is 5.59. The van der Waals surface area contributed by atoms with E-state index in [1.807, 2.05) is 28.0 Å². The van der Waals surface area contributed by atoms with Crippen molar-refractivity contribution in [3.8, 4) is 5.75 Å². The summed E-state index contributed by atoms with van der Waals surface area (Å²) in [5.41, 5.74) is 0.598. The predicted molar refractivity (Wildman–Crippen MR) is 113 cm³/mol. The number of ether oxygens (including phenoxy) is 2. The number of likely N-dealkylation sites (tertiary alicyclic amines) is 1. The van der Waals surface area contributed by atoms with Gasteiger partial charge in [-0.25, -0.2) is 9.18 Å². The molecule has 4 aliphatic rings. The molecule has 5 rings (SSSR count). The van der Waals surface area contributed by atoms with Crippen LogP contribution in [0.5, 0.6) is 5.75 Å². The monoisotopic (exact) mass is 451 g/mol. The molecular formula is C22H27ClFN3O4. The van der Waals surface area contributed by atoms with Gasteiger partial charge in [-0.3, -0.25) is 4.79 Å². The second-order valence-corrected chi connectivity index (χ2v) is 9.69. The Balaban J connectivity index is 1.05. The van der Waals surface area contributed by atoms with E-state index in [9.17, 15) is 14.0 Å². The summed E-state index contributed by atoms with van der Waals surface area (Å²) >= 11 is 6.36. The molecule has 0 atom stereocenters. The summed E-state index contributed by atoms with van der Waals surface area (Å²) in [6.07, 6.45) is 1.98. The van der Waals surface area contributed by atoms with E-state index in [0.717, 1.165) is 31.6 Å². The van der Waals surface area contributed by atoms with E-state index in [-0.39, 0.29) is 23.5 Å². The fraction of sp³-hybridized carbons (Fsp3) is 0.636. The molecule has 3 saturated heterocycles. The Morgan fingerprint density at radius 1 is 1.29 bits per heavy atom. The lowest BCUT2D eigenvalue weighted by atomic mass is 9.68. The van der Waals surface area contributed by atoms with Crippen LogP contribution in [0.3, 0.4) is 0 Å². The van der Waals surface area contributed by atoms with Crippen LogP contribution in [-0.4, -0.2) is 68.0 Å². The number of piperidine rings is 1. The number of anilines is 1. The van der Waals surface area contributed by atoms with E-state index >= 15 is 0 Å². The Hall–Kier alpha value is -2.22. The minimum absolute atomic E-state index is 0.0220. The molecule has 0 bridgehead atoms. The number of rotatable bonds is 5. The summed E-state index contributed by atoms with van der Waals surface area (Å²) in [5.74, 6) is 1.18. The van der Waals surface area contributed by atoms with Gasteiger partial charge in [-0.15, -0.1) is 0 Å². The van der Waals surface area contributed by atoms with Gasteiger partial charge in [0.05, 0.1) is 30.3 Å². The van der Waals surface area contributed by atoms with E-state index in [4.69, 9.17) is 21.1 Å². The van der Waals surface area contributed by atoms with Gasteiger partial charge in [-0.2, -0.15) is 0 Å². The van der Waals surface area contributed by atoms with Gasteiger partial charge < -0.3 is 24.6 Å². The molecule has 1 spiro atoms. The molecule has 1 aliphatic carbocycles. The van der Waals surface area contributed by atoms with Crippen LogP contribution < -0.4 is 15.0 Å². The first kappa shape index (κ1) is 20.7. The quantitative estimate of drug-likeness (QED) is 0.745. The number of cyclic esters (lactones) is 1. The first-order chi connectivity index (χ1) is 14.9. The third-order valence-electron chi connectivity index (χ3n) is 6.99. The van der Waals surface area contributed by atoms with Crippen LogP contribution in [0.25, 0.3) is 0 Å². The number of hydrogen-bond acceptors (Lipinski definition) is 5. The van der Waals surface area contributed by atoms with E-state index in [0.29, 0.717) is 55.8 Å². The highest BCUT2D eigenvalue weighted by molar-refractivity contribution is 6.32. The van der Waals surface area contributed by atoms with Gasteiger partial charge in [-0.05, 0) is 49.8 Å². The van der Waals surface area contributed by atoms with Gasteiger partial charge >= 0.3 is 6.09 Å². The van der Waals surface area contributed by atoms with Crippen molar-refractivity contribution in [3.63, 3.8) is 0 Å². The zero-order valence-corrected chi connectivity index (χ0v) is 18.1. The number of amides is 2. The first-order valence-corrected chi connectivity index (χ1v) is 11.3. The van der Waals surface area contributed by atoms with Crippen molar-refractivity contribution in [2.24, 2.45) is 11.8 Å². The standard InChI is InChI=1S/C22H27ClFN3O4/c23-18-7-17(27-10-16(24)11-27)1-2-19(18)30-12-14-3-5-26(6-4-14)20(28)15-8-22(9-15)13-31-21(29)25-22/h1-2,7,14-16H,3-6,8-13H2,(H,25,29). The lowest BCUT2D eigenvalue weighted by molar-refractivity contribution is -0.142. The van der Waals surface area contributed by atoms with Crippen LogP contribution in [0, 0.1) is 11.8 Å². The highest BCUT2D eigenvalue weighted by Gasteiger charge is 2.53. The topological polar surface area (TPSA) is 71.1 Å². The van der Waals surface area contributed by atoms with Gasteiger partial charge in [0.1, 0.15) is 18.5 Å². The molecule has 31 heavy (non-hydrogen) atoms. The molecular weight excluding hydrogens is 425 g/mol. The van der Waals surface area contributed by atoms with Crippen LogP contribution in [-0.2, 0) is 9.53 Å². The van der Waals surface area contributed by atoms with Gasteiger partial charge in [0.25, 0.3) is 0 Å². The Morgan fingerprint density at radius 2 is 2.03 bits per heavy atom. The number of carbonyl (C=O) groups excluding carboxylic acids is 2. The molecule has 7 nitrogen and oxygen atoms in total. The SMILES string of the molecule is O=C1NC2(CO1)CC(C(=O)N1CCC(COc3ccc(N4CC(F)C4)cc3Cl)CC1)C2. The lowest BCUT2D eigenvalue weighted by Crippen LogP contribution is -2.58. The summed E-state index contributed by atoms with van der Waals surface area (Å²) in [6.45, 7) is 3.22. The molecule has 1 N–H and O–H groups in total. The first-order valence-electron chi connectivity index (χ1n) is 11.0. The predicted octanol–water partition coefficient (Wildman–Crippen LogP) is 3.00. The molecule has 0 radical (unpaired) electrons. The van der Waals surface area contributed by atoms with E-state index in [2.05, 4.69) is 5.32 Å². The second kappa shape index (κ2) is 8.04. The number of alkyl halides is 1. The van der Waals surface area contributed by atoms with Crippen molar-refractivity contribution >= 4 is 29.3 Å². The van der Waals surface area contributed by atoms with Crippen LogP contribution in [0.1, 0.15) is 25.7 Å². The summed E-state index contributed by atoms with van der Waals surface area (Å²) in [4.78, 5) is 27.9. The molecule has 1 aromatic carbocycles. The average Bonchev–Trinajstić information content (AvgIpc) is 3.11. The molecule has 1 saturated carbocycles. The van der Waals surface area contributed by atoms with Crippen LogP contribution >= 0.6 is 11.6 Å². The summed E-state index contributed by atoms with van der Waals surface area (Å²) in [5, 5.41) is 3.37. The van der Waals surface area contributed by atoms with Crippen molar-refractivity contribution in [1.82, 2.24) is 10.2 Å². The second-order valence-electron chi connectivity index (χ2n) is 9.28. The Kier molecular flexibility index (Phi) is 5.36. The molecule has 2 amide bonds. The fourth-order valence-corrected chi connectivity index (χ4v) is 5.22. The third-order valence-corrected chi connectivity index (χ3v) is 7.28. The number of benzene rings is 1. The van der Waals surface area contributed by atoms with Gasteiger partial charge in [-0.1, -0.05) is 11.6 Å². The number of nitrogens with zero attached hydrogens (tertiary/aromatic N) is 2. The Bertz CT molecular complexity index is 864. The zero-order chi connectivity index (χ0) is 21.6. The highest BCUT2D eigenvalue weighted by Crippen LogP contribution is 2.42. The van der Waals surface area contributed by atoms with E-state index in [1.165, 1.54) is 0 Å². The van der Waals surface area contributed by atoms with Gasteiger partial charge in [0, 0.05) is 24.7 Å². The minimum atomic E-state index is -0.754. The lowest BCUT2D eigenvalue weighted by Gasteiger charge is -2.44. The van der Waals surface area contributed by atoms with Crippen molar-refractivity contribution in [1.29, 1.82) is 0 Å². The van der Waals surface area contributed by atoms with E-state index < -0.39 is 6.17 Å². The molecule has 0 unspecified atom stereocenters. The number of carbonyl (C=O) groups is 2. The summed E-state index contributed by atoms with van der Waals surface area (Å²) in [7, 11) is 0. The largest absolute Gasteiger partial charge is 0.492 e. The van der Waals surface area contributed by atoms with Crippen LogP contribution in [0.2, 0.25) is 5.02 Å². The molecule has 4 fully saturated rings. The Morgan fingerprint density at radius 3 is 2.65 bits per heavy atom. The molecule has 3 aliphatic heterocycles. The maximum Gasteiger partial charge on any atom is 0.407 e. The number of alkyl carbamates (subject to hydrolysis) is 1. The molecule has 1 aromatic rings. The maximum atomic E-state index is 13.0. The molecule has 168 valence electrons. The fourth-order valence-electron chi connectivity index (χ4n) is 5.00. The van der Waals surface area contributed by atoms with Gasteiger partial charge in [0.15, 0.2) is 0 Å². The van der Waals surface area contributed by atoms with Crippen molar-refractivity contribution in [2.45, 2.75) is 37.4 Å². The highest BCUT2D eigenvalue weighted by atomic mass is 35.5. The number of halogens is 2. The molecule has 9 heteroatoms. The van der Waals surface area contributed by atoms with Crippen LogP contribution in [0.4, 0.5) is 14.9 Å². The number of nitrogens with one attached hydrogen (secondary N) is 1. The van der Waals surface area contributed by atoms with Crippen molar-refractivity contribution in [3.05, 3.63) is 23.2 Å².